The number of nitro groups is 1. The summed E-state index contributed by atoms with van der Waals surface area (Å²) in [6.45, 7) is 1.65. The van der Waals surface area contributed by atoms with Crippen molar-refractivity contribution in [3.05, 3.63) is 69.0 Å². The lowest BCUT2D eigenvalue weighted by molar-refractivity contribution is -0.384. The molecule has 0 heterocycles. The molecular formula is C16H13FN2O5. The van der Waals surface area contributed by atoms with E-state index in [4.69, 9.17) is 0 Å². The van der Waals surface area contributed by atoms with Gasteiger partial charge in [-0.1, -0.05) is 6.07 Å². The zero-order valence-electron chi connectivity index (χ0n) is 12.8. The number of hydrogen-bond acceptors (Lipinski definition) is 5. The number of benzene rings is 2. The Morgan fingerprint density at radius 1 is 1.21 bits per heavy atom. The van der Waals surface area contributed by atoms with Crippen LogP contribution >= 0.6 is 0 Å². The van der Waals surface area contributed by atoms with Crippen LogP contribution in [0.4, 0.5) is 15.8 Å². The fourth-order valence-corrected chi connectivity index (χ4v) is 1.99. The van der Waals surface area contributed by atoms with Crippen molar-refractivity contribution >= 4 is 23.3 Å². The first-order valence-electron chi connectivity index (χ1n) is 6.77. The normalized spacial score (nSPS) is 10.1. The molecule has 0 saturated carbocycles. The van der Waals surface area contributed by atoms with Crippen molar-refractivity contribution in [2.75, 3.05) is 12.4 Å². The Labute approximate surface area is 136 Å². The lowest BCUT2D eigenvalue weighted by Crippen LogP contribution is -2.15. The van der Waals surface area contributed by atoms with E-state index in [2.05, 4.69) is 10.1 Å². The molecule has 0 aliphatic heterocycles. The summed E-state index contributed by atoms with van der Waals surface area (Å²) in [6, 6.07) is 7.25. The first-order chi connectivity index (χ1) is 11.3. The maximum absolute atomic E-state index is 14.0. The number of esters is 1. The van der Waals surface area contributed by atoms with Gasteiger partial charge in [-0.15, -0.1) is 0 Å². The molecular weight excluding hydrogens is 319 g/mol. The number of non-ortho nitro benzene ring substituents is 1. The van der Waals surface area contributed by atoms with Gasteiger partial charge in [-0.05, 0) is 30.7 Å². The second-order valence-electron chi connectivity index (χ2n) is 4.90. The highest BCUT2D eigenvalue weighted by molar-refractivity contribution is 6.05. The fourth-order valence-electron chi connectivity index (χ4n) is 1.99. The molecule has 0 unspecified atom stereocenters. The van der Waals surface area contributed by atoms with Crippen molar-refractivity contribution in [3.63, 3.8) is 0 Å². The van der Waals surface area contributed by atoms with Gasteiger partial charge < -0.3 is 10.1 Å². The molecule has 0 aliphatic carbocycles. The number of amides is 1. The molecule has 0 fully saturated rings. The van der Waals surface area contributed by atoms with E-state index in [-0.39, 0.29) is 22.5 Å². The van der Waals surface area contributed by atoms with Crippen molar-refractivity contribution in [1.29, 1.82) is 0 Å². The van der Waals surface area contributed by atoms with Crippen LogP contribution < -0.4 is 5.32 Å². The average molecular weight is 332 g/mol. The van der Waals surface area contributed by atoms with Crippen LogP contribution in [-0.4, -0.2) is 23.9 Å². The Bertz CT molecular complexity index is 835. The largest absolute Gasteiger partial charge is 0.465 e. The third-order valence-electron chi connectivity index (χ3n) is 3.31. The third-order valence-corrected chi connectivity index (χ3v) is 3.31. The molecule has 7 nitrogen and oxygen atoms in total. The Morgan fingerprint density at radius 2 is 1.92 bits per heavy atom. The molecule has 0 aliphatic rings. The molecule has 0 atom stereocenters. The second-order valence-corrected chi connectivity index (χ2v) is 4.90. The van der Waals surface area contributed by atoms with Crippen molar-refractivity contribution < 1.29 is 23.6 Å². The molecule has 0 aromatic heterocycles. The summed E-state index contributed by atoms with van der Waals surface area (Å²) < 4.78 is 18.5. The smallest absolute Gasteiger partial charge is 0.337 e. The molecule has 0 saturated heterocycles. The van der Waals surface area contributed by atoms with Crippen LogP contribution in [0.15, 0.2) is 36.4 Å². The third kappa shape index (κ3) is 3.54. The molecule has 2 aromatic carbocycles. The van der Waals surface area contributed by atoms with Gasteiger partial charge in [-0.2, -0.15) is 0 Å². The van der Waals surface area contributed by atoms with Gasteiger partial charge in [0.25, 0.3) is 11.6 Å². The maximum atomic E-state index is 14.0. The zero-order chi connectivity index (χ0) is 17.9. The molecule has 0 spiro atoms. The maximum Gasteiger partial charge on any atom is 0.337 e. The second kappa shape index (κ2) is 6.86. The van der Waals surface area contributed by atoms with E-state index in [1.165, 1.54) is 24.3 Å². The van der Waals surface area contributed by atoms with Gasteiger partial charge in [0.2, 0.25) is 0 Å². The first kappa shape index (κ1) is 17.1. The summed E-state index contributed by atoms with van der Waals surface area (Å²) in [5, 5.41) is 13.2. The van der Waals surface area contributed by atoms with Gasteiger partial charge in [0, 0.05) is 12.1 Å². The number of carbonyl (C=O) groups excluding carboxylic acids is 2. The number of carbonyl (C=O) groups is 2. The average Bonchev–Trinajstić information content (AvgIpc) is 2.55. The van der Waals surface area contributed by atoms with E-state index in [0.717, 1.165) is 19.2 Å². The van der Waals surface area contributed by atoms with Gasteiger partial charge in [0.15, 0.2) is 0 Å². The van der Waals surface area contributed by atoms with Crippen LogP contribution in [0.2, 0.25) is 0 Å². The minimum atomic E-state index is -0.904. The van der Waals surface area contributed by atoms with E-state index in [1.54, 1.807) is 6.92 Å². The SMILES string of the molecule is COC(=O)c1ccc(C(=O)Nc2cc([N+](=O)[O-])ccc2C)c(F)c1. The molecule has 124 valence electrons. The summed E-state index contributed by atoms with van der Waals surface area (Å²) in [5.74, 6) is -2.42. The molecule has 2 aromatic rings. The summed E-state index contributed by atoms with van der Waals surface area (Å²) in [4.78, 5) is 33.7. The molecule has 1 amide bonds. The number of rotatable bonds is 4. The van der Waals surface area contributed by atoms with Gasteiger partial charge in [0.05, 0.1) is 28.8 Å². The number of aryl methyl sites for hydroxylation is 1. The molecule has 2 rings (SSSR count). The highest BCUT2D eigenvalue weighted by Crippen LogP contribution is 2.23. The van der Waals surface area contributed by atoms with Crippen LogP contribution in [0, 0.1) is 22.9 Å². The monoisotopic (exact) mass is 332 g/mol. The fraction of sp³-hybridized carbons (Fsp3) is 0.125. The van der Waals surface area contributed by atoms with Crippen molar-refractivity contribution in [2.45, 2.75) is 6.92 Å². The van der Waals surface area contributed by atoms with Crippen molar-refractivity contribution in [1.82, 2.24) is 0 Å². The predicted octanol–water partition coefficient (Wildman–Crippen LogP) is 3.08. The highest BCUT2D eigenvalue weighted by atomic mass is 19.1. The van der Waals surface area contributed by atoms with Crippen LogP contribution in [0.3, 0.4) is 0 Å². The van der Waals surface area contributed by atoms with E-state index in [0.29, 0.717) is 5.56 Å². The quantitative estimate of drug-likeness (QED) is 0.527. The number of nitro benzene ring substituents is 1. The highest BCUT2D eigenvalue weighted by Gasteiger charge is 2.17. The number of ether oxygens (including phenoxy) is 1. The van der Waals surface area contributed by atoms with E-state index in [9.17, 15) is 24.1 Å². The summed E-state index contributed by atoms with van der Waals surface area (Å²) in [5.41, 5.74) is 0.259. The van der Waals surface area contributed by atoms with Gasteiger partial charge in [-0.25, -0.2) is 9.18 Å². The van der Waals surface area contributed by atoms with E-state index in [1.807, 2.05) is 0 Å². The Balaban J connectivity index is 2.29. The number of anilines is 1. The van der Waals surface area contributed by atoms with Gasteiger partial charge >= 0.3 is 5.97 Å². The predicted molar refractivity (Wildman–Crippen MR) is 83.5 cm³/mol. The number of methoxy groups -OCH3 is 1. The topological polar surface area (TPSA) is 98.5 Å². The zero-order valence-corrected chi connectivity index (χ0v) is 12.8. The van der Waals surface area contributed by atoms with E-state index >= 15 is 0 Å². The standard InChI is InChI=1S/C16H13FN2O5/c1-9-3-5-11(19(22)23)8-14(9)18-15(20)12-6-4-10(7-13(12)17)16(21)24-2/h3-8H,1-2H3,(H,18,20). The number of halogens is 1. The molecule has 8 heteroatoms. The number of nitrogens with zero attached hydrogens (tertiary/aromatic N) is 1. The molecule has 24 heavy (non-hydrogen) atoms. The summed E-state index contributed by atoms with van der Waals surface area (Å²) in [7, 11) is 1.16. The first-order valence-corrected chi connectivity index (χ1v) is 6.77. The minimum Gasteiger partial charge on any atom is -0.465 e. The van der Waals surface area contributed by atoms with Crippen molar-refractivity contribution in [2.24, 2.45) is 0 Å². The molecule has 0 radical (unpaired) electrons. The summed E-state index contributed by atoms with van der Waals surface area (Å²) >= 11 is 0. The molecule has 0 bridgehead atoms. The Kier molecular flexibility index (Phi) is 4.88. The van der Waals surface area contributed by atoms with Crippen molar-refractivity contribution in [3.8, 4) is 0 Å². The Morgan fingerprint density at radius 3 is 2.50 bits per heavy atom. The lowest BCUT2D eigenvalue weighted by atomic mass is 10.1. The van der Waals surface area contributed by atoms with Crippen LogP contribution in [0.25, 0.3) is 0 Å². The number of nitrogens with one attached hydrogen (secondary N) is 1. The Hall–Kier alpha value is -3.29. The number of hydrogen-bond donors (Lipinski definition) is 1. The summed E-state index contributed by atoms with van der Waals surface area (Å²) in [6.07, 6.45) is 0. The van der Waals surface area contributed by atoms with Gasteiger partial charge in [-0.3, -0.25) is 14.9 Å². The lowest BCUT2D eigenvalue weighted by Gasteiger charge is -2.09. The minimum absolute atomic E-state index is 0.0296. The van der Waals surface area contributed by atoms with E-state index < -0.39 is 22.6 Å². The van der Waals surface area contributed by atoms with Gasteiger partial charge in [0.1, 0.15) is 5.82 Å². The molecule has 1 N–H and O–H groups in total. The van der Waals surface area contributed by atoms with Crippen LogP contribution in [0.1, 0.15) is 26.3 Å². The van der Waals surface area contributed by atoms with Crippen LogP contribution in [0.5, 0.6) is 0 Å². The van der Waals surface area contributed by atoms with Crippen LogP contribution in [-0.2, 0) is 4.74 Å².